The number of aromatic nitrogens is 5. The van der Waals surface area contributed by atoms with Crippen LogP contribution in [-0.2, 0) is 13.6 Å². The molecule has 3 aromatic heterocycles. The Labute approximate surface area is 175 Å². The normalized spacial score (nSPS) is 11.4. The number of hydrogen-bond acceptors (Lipinski definition) is 5. The maximum atomic E-state index is 14.2. The average molecular weight is 430 g/mol. The molecule has 0 atom stereocenters. The molecule has 4 aromatic rings. The van der Waals surface area contributed by atoms with Crippen LogP contribution in [0.3, 0.4) is 0 Å². The molecule has 0 aliphatic heterocycles. The van der Waals surface area contributed by atoms with E-state index in [1.165, 1.54) is 11.0 Å². The van der Waals surface area contributed by atoms with Gasteiger partial charge in [0.2, 0.25) is 0 Å². The van der Waals surface area contributed by atoms with Crippen molar-refractivity contribution in [1.29, 1.82) is 0 Å². The standard InChI is InChI=1S/C20H20F2N6OS/c1-11-7-13(3)28(24-11)6-5-27(19(29)16-8-12(2)26(4)25-16)20-23-18-15(22)9-14(21)10-17(18)30-20/h7-10H,5-6H2,1-4H3. The highest BCUT2D eigenvalue weighted by molar-refractivity contribution is 7.22. The van der Waals surface area contributed by atoms with Crippen LogP contribution in [0.1, 0.15) is 27.6 Å². The molecule has 4 rings (SSSR count). The summed E-state index contributed by atoms with van der Waals surface area (Å²) >= 11 is 1.06. The number of halogens is 2. The third-order valence-corrected chi connectivity index (χ3v) is 5.87. The maximum Gasteiger partial charge on any atom is 0.280 e. The highest BCUT2D eigenvalue weighted by Crippen LogP contribution is 2.32. The van der Waals surface area contributed by atoms with Crippen molar-refractivity contribution in [3.63, 3.8) is 0 Å². The number of anilines is 1. The van der Waals surface area contributed by atoms with Gasteiger partial charge in [-0.25, -0.2) is 13.8 Å². The van der Waals surface area contributed by atoms with Gasteiger partial charge < -0.3 is 0 Å². The van der Waals surface area contributed by atoms with Gasteiger partial charge in [0.1, 0.15) is 11.3 Å². The molecule has 30 heavy (non-hydrogen) atoms. The average Bonchev–Trinajstić information content (AvgIpc) is 3.33. The first-order valence-electron chi connectivity index (χ1n) is 9.32. The summed E-state index contributed by atoms with van der Waals surface area (Å²) in [6, 6.07) is 5.64. The van der Waals surface area contributed by atoms with Gasteiger partial charge in [-0.05, 0) is 39.0 Å². The third-order valence-electron chi connectivity index (χ3n) is 4.85. The first-order chi connectivity index (χ1) is 14.2. The van der Waals surface area contributed by atoms with E-state index in [0.717, 1.165) is 34.5 Å². The molecule has 0 spiro atoms. The zero-order chi connectivity index (χ0) is 21.6. The van der Waals surface area contributed by atoms with E-state index < -0.39 is 11.6 Å². The van der Waals surface area contributed by atoms with E-state index in [0.29, 0.717) is 11.2 Å². The second kappa shape index (κ2) is 7.60. The lowest BCUT2D eigenvalue weighted by Crippen LogP contribution is -2.34. The Hall–Kier alpha value is -3.14. The van der Waals surface area contributed by atoms with Crippen LogP contribution in [0.25, 0.3) is 10.2 Å². The SMILES string of the molecule is Cc1cc(C)n(CCN(C(=O)c2cc(C)n(C)n2)c2nc3c(F)cc(F)cc3s2)n1. The summed E-state index contributed by atoms with van der Waals surface area (Å²) in [5.41, 5.74) is 2.97. The molecule has 10 heteroatoms. The number of aryl methyl sites for hydroxylation is 4. The second-order valence-electron chi connectivity index (χ2n) is 7.13. The Morgan fingerprint density at radius 3 is 2.50 bits per heavy atom. The van der Waals surface area contributed by atoms with E-state index in [2.05, 4.69) is 15.2 Å². The molecule has 156 valence electrons. The van der Waals surface area contributed by atoms with E-state index in [-0.39, 0.29) is 28.8 Å². The molecule has 0 N–H and O–H groups in total. The summed E-state index contributed by atoms with van der Waals surface area (Å²) in [5.74, 6) is -1.80. The Morgan fingerprint density at radius 2 is 1.87 bits per heavy atom. The summed E-state index contributed by atoms with van der Waals surface area (Å²) in [6.07, 6.45) is 0. The first kappa shape index (κ1) is 20.1. The van der Waals surface area contributed by atoms with Gasteiger partial charge >= 0.3 is 0 Å². The topological polar surface area (TPSA) is 68.8 Å². The van der Waals surface area contributed by atoms with Crippen LogP contribution < -0.4 is 4.90 Å². The zero-order valence-corrected chi connectivity index (χ0v) is 17.8. The number of nitrogens with zero attached hydrogens (tertiary/aromatic N) is 6. The number of carbonyl (C=O) groups is 1. The minimum absolute atomic E-state index is 0.0394. The first-order valence-corrected chi connectivity index (χ1v) is 10.1. The Balaban J connectivity index is 1.73. The molecular formula is C20H20F2N6OS. The predicted molar refractivity (Wildman–Crippen MR) is 111 cm³/mol. The predicted octanol–water partition coefficient (Wildman–Crippen LogP) is 3.78. The van der Waals surface area contributed by atoms with Crippen molar-refractivity contribution in [3.8, 4) is 0 Å². The number of benzene rings is 1. The summed E-state index contributed by atoms with van der Waals surface area (Å²) < 4.78 is 31.6. The quantitative estimate of drug-likeness (QED) is 0.483. The van der Waals surface area contributed by atoms with Gasteiger partial charge in [0, 0.05) is 31.0 Å². The van der Waals surface area contributed by atoms with E-state index in [4.69, 9.17) is 0 Å². The van der Waals surface area contributed by atoms with E-state index in [1.54, 1.807) is 22.5 Å². The van der Waals surface area contributed by atoms with Crippen molar-refractivity contribution in [2.45, 2.75) is 27.3 Å². The van der Waals surface area contributed by atoms with Crippen LogP contribution >= 0.6 is 11.3 Å². The van der Waals surface area contributed by atoms with Crippen molar-refractivity contribution < 1.29 is 13.6 Å². The molecule has 3 heterocycles. The summed E-state index contributed by atoms with van der Waals surface area (Å²) in [5, 5.41) is 8.97. The molecule has 0 fully saturated rings. The van der Waals surface area contributed by atoms with Gasteiger partial charge in [-0.15, -0.1) is 0 Å². The zero-order valence-electron chi connectivity index (χ0n) is 17.0. The fourth-order valence-corrected chi connectivity index (χ4v) is 4.27. The highest BCUT2D eigenvalue weighted by atomic mass is 32.1. The number of rotatable bonds is 5. The smallest absolute Gasteiger partial charge is 0.280 e. The Bertz CT molecular complexity index is 1240. The van der Waals surface area contributed by atoms with Gasteiger partial charge in [0.15, 0.2) is 16.6 Å². The van der Waals surface area contributed by atoms with Crippen LogP contribution in [0, 0.1) is 32.4 Å². The number of carbonyl (C=O) groups excluding carboxylic acids is 1. The maximum absolute atomic E-state index is 14.2. The van der Waals surface area contributed by atoms with Crippen LogP contribution in [0.2, 0.25) is 0 Å². The molecule has 7 nitrogen and oxygen atoms in total. The van der Waals surface area contributed by atoms with E-state index >= 15 is 0 Å². The summed E-state index contributed by atoms with van der Waals surface area (Å²) in [4.78, 5) is 19.0. The van der Waals surface area contributed by atoms with Gasteiger partial charge in [0.25, 0.3) is 5.91 Å². The summed E-state index contributed by atoms with van der Waals surface area (Å²) in [7, 11) is 1.75. The van der Waals surface area contributed by atoms with Crippen LogP contribution in [0.5, 0.6) is 0 Å². The summed E-state index contributed by atoms with van der Waals surface area (Å²) in [6.45, 7) is 6.35. The molecular weight excluding hydrogens is 410 g/mol. The Kier molecular flexibility index (Phi) is 5.10. The lowest BCUT2D eigenvalue weighted by atomic mass is 10.3. The van der Waals surface area contributed by atoms with Crippen molar-refractivity contribution >= 4 is 32.6 Å². The monoisotopic (exact) mass is 430 g/mol. The molecule has 1 aromatic carbocycles. The van der Waals surface area contributed by atoms with Crippen molar-refractivity contribution in [2.24, 2.45) is 7.05 Å². The van der Waals surface area contributed by atoms with Crippen LogP contribution in [0.15, 0.2) is 24.3 Å². The number of thiazole rings is 1. The van der Waals surface area contributed by atoms with E-state index in [1.807, 2.05) is 26.8 Å². The molecule has 0 radical (unpaired) electrons. The van der Waals surface area contributed by atoms with Crippen LogP contribution in [-0.4, -0.2) is 37.0 Å². The molecule has 0 saturated carbocycles. The molecule has 1 amide bonds. The fraction of sp³-hybridized carbons (Fsp3) is 0.300. The Morgan fingerprint density at radius 1 is 1.10 bits per heavy atom. The largest absolute Gasteiger partial charge is 0.281 e. The number of fused-ring (bicyclic) bond motifs is 1. The van der Waals surface area contributed by atoms with Crippen LogP contribution in [0.4, 0.5) is 13.9 Å². The highest BCUT2D eigenvalue weighted by Gasteiger charge is 2.25. The van der Waals surface area contributed by atoms with E-state index in [9.17, 15) is 13.6 Å². The van der Waals surface area contributed by atoms with Crippen molar-refractivity contribution in [1.82, 2.24) is 24.5 Å². The van der Waals surface area contributed by atoms with Gasteiger partial charge in [-0.1, -0.05) is 11.3 Å². The molecule has 0 bridgehead atoms. The molecule has 0 unspecified atom stereocenters. The van der Waals surface area contributed by atoms with Crippen molar-refractivity contribution in [3.05, 3.63) is 58.7 Å². The number of amides is 1. The van der Waals surface area contributed by atoms with Gasteiger partial charge in [0.05, 0.1) is 16.9 Å². The molecule has 0 aliphatic carbocycles. The van der Waals surface area contributed by atoms with Gasteiger partial charge in [-0.3, -0.25) is 19.1 Å². The molecule has 0 saturated heterocycles. The lowest BCUT2D eigenvalue weighted by molar-refractivity contribution is 0.0980. The van der Waals surface area contributed by atoms with Gasteiger partial charge in [-0.2, -0.15) is 10.2 Å². The third kappa shape index (κ3) is 3.70. The minimum atomic E-state index is -0.757. The fourth-order valence-electron chi connectivity index (χ4n) is 3.24. The minimum Gasteiger partial charge on any atom is -0.281 e. The second-order valence-corrected chi connectivity index (χ2v) is 8.14. The lowest BCUT2D eigenvalue weighted by Gasteiger charge is -2.19. The number of hydrogen-bond donors (Lipinski definition) is 0. The van der Waals surface area contributed by atoms with Crippen molar-refractivity contribution in [2.75, 3.05) is 11.4 Å². The molecule has 0 aliphatic rings.